The predicted molar refractivity (Wildman–Crippen MR) is 47.4 cm³/mol. The Bertz CT molecular complexity index is 165. The summed E-state index contributed by atoms with van der Waals surface area (Å²) in [5, 5.41) is 2.08. The molecule has 1 aromatic rings. The molecule has 1 rings (SSSR count). The molecule has 0 unspecified atom stereocenters. The largest absolute Gasteiger partial charge is 0.144 e. The SMILES string of the molecule is I/C=C/c1cccs1. The van der Waals surface area contributed by atoms with Crippen LogP contribution >= 0.6 is 33.9 Å². The van der Waals surface area contributed by atoms with E-state index in [9.17, 15) is 0 Å². The highest BCUT2D eigenvalue weighted by molar-refractivity contribution is 14.1. The van der Waals surface area contributed by atoms with Gasteiger partial charge in [-0.3, -0.25) is 0 Å². The summed E-state index contributed by atoms with van der Waals surface area (Å²) in [7, 11) is 0. The second-order valence-electron chi connectivity index (χ2n) is 1.31. The lowest BCUT2D eigenvalue weighted by Crippen LogP contribution is -1.48. The van der Waals surface area contributed by atoms with E-state index in [1.165, 1.54) is 4.88 Å². The zero-order valence-corrected chi connectivity index (χ0v) is 7.15. The third-order valence-corrected chi connectivity index (χ3v) is 1.97. The molecule has 0 fully saturated rings. The number of hydrogen-bond donors (Lipinski definition) is 0. The van der Waals surface area contributed by atoms with Crippen molar-refractivity contribution < 1.29 is 0 Å². The van der Waals surface area contributed by atoms with Gasteiger partial charge in [0.1, 0.15) is 0 Å². The van der Waals surface area contributed by atoms with Crippen molar-refractivity contribution in [2.75, 3.05) is 0 Å². The van der Waals surface area contributed by atoms with Gasteiger partial charge in [-0.2, -0.15) is 0 Å². The Morgan fingerprint density at radius 2 is 2.50 bits per heavy atom. The molecule has 0 amide bonds. The Kier molecular flexibility index (Phi) is 2.55. The van der Waals surface area contributed by atoms with Crippen molar-refractivity contribution in [2.24, 2.45) is 0 Å². The lowest BCUT2D eigenvalue weighted by molar-refractivity contribution is 1.96. The Morgan fingerprint density at radius 1 is 1.62 bits per heavy atom. The van der Waals surface area contributed by atoms with E-state index < -0.39 is 0 Å². The van der Waals surface area contributed by atoms with Crippen LogP contribution in [0.4, 0.5) is 0 Å². The molecule has 0 aliphatic rings. The first-order chi connectivity index (χ1) is 3.93. The fourth-order valence-electron chi connectivity index (χ4n) is 0.448. The van der Waals surface area contributed by atoms with Crippen LogP contribution in [0, 0.1) is 0 Å². The van der Waals surface area contributed by atoms with Gasteiger partial charge in [0.15, 0.2) is 0 Å². The van der Waals surface area contributed by atoms with Crippen LogP contribution in [-0.2, 0) is 0 Å². The van der Waals surface area contributed by atoms with Crippen LogP contribution in [0.1, 0.15) is 4.88 Å². The van der Waals surface area contributed by atoms with Crippen LogP contribution in [-0.4, -0.2) is 0 Å². The second-order valence-corrected chi connectivity index (χ2v) is 3.01. The normalized spacial score (nSPS) is 10.6. The van der Waals surface area contributed by atoms with Crippen molar-refractivity contribution in [3.63, 3.8) is 0 Å². The standard InChI is InChI=1S/C6H5IS/c7-4-3-6-2-1-5-8-6/h1-5H/b4-3+. The summed E-state index contributed by atoms with van der Waals surface area (Å²) in [4.78, 5) is 1.32. The van der Waals surface area contributed by atoms with Gasteiger partial charge in [-0.05, 0) is 21.6 Å². The van der Waals surface area contributed by atoms with Crippen molar-refractivity contribution in [2.45, 2.75) is 0 Å². The van der Waals surface area contributed by atoms with Gasteiger partial charge in [-0.15, -0.1) is 11.3 Å². The van der Waals surface area contributed by atoms with Gasteiger partial charge in [0.2, 0.25) is 0 Å². The summed E-state index contributed by atoms with van der Waals surface area (Å²) < 4.78 is 2.02. The van der Waals surface area contributed by atoms with E-state index in [0.29, 0.717) is 0 Å². The highest BCUT2D eigenvalue weighted by Crippen LogP contribution is 2.10. The quantitative estimate of drug-likeness (QED) is 0.657. The molecule has 1 aromatic heterocycles. The number of halogens is 1. The second kappa shape index (κ2) is 3.25. The highest BCUT2D eigenvalue weighted by atomic mass is 127. The molecule has 0 saturated carbocycles. The number of hydrogen-bond acceptors (Lipinski definition) is 1. The average molecular weight is 236 g/mol. The molecule has 0 atom stereocenters. The summed E-state index contributed by atoms with van der Waals surface area (Å²) in [5.41, 5.74) is 0. The lowest BCUT2D eigenvalue weighted by Gasteiger charge is -1.74. The molecule has 0 saturated heterocycles. The van der Waals surface area contributed by atoms with Crippen molar-refractivity contribution in [3.05, 3.63) is 26.5 Å². The Labute approximate surface area is 66.4 Å². The fourth-order valence-corrected chi connectivity index (χ4v) is 1.70. The van der Waals surface area contributed by atoms with E-state index in [0.717, 1.165) is 0 Å². The van der Waals surface area contributed by atoms with Crippen LogP contribution in [0.15, 0.2) is 21.6 Å². The molecule has 0 aromatic carbocycles. The first-order valence-corrected chi connectivity index (χ1v) is 4.36. The Hall–Kier alpha value is 0.170. The third kappa shape index (κ3) is 1.59. The Morgan fingerprint density at radius 3 is 3.00 bits per heavy atom. The summed E-state index contributed by atoms with van der Waals surface area (Å²) >= 11 is 3.97. The van der Waals surface area contributed by atoms with Gasteiger partial charge in [-0.1, -0.05) is 28.7 Å². The van der Waals surface area contributed by atoms with E-state index in [-0.39, 0.29) is 0 Å². The molecule has 8 heavy (non-hydrogen) atoms. The summed E-state index contributed by atoms with van der Waals surface area (Å²) in [5.74, 6) is 0. The van der Waals surface area contributed by atoms with Crippen molar-refractivity contribution in [1.82, 2.24) is 0 Å². The van der Waals surface area contributed by atoms with Gasteiger partial charge in [0, 0.05) is 4.88 Å². The maximum Gasteiger partial charge on any atom is 0.0274 e. The van der Waals surface area contributed by atoms with Crippen LogP contribution in [0.25, 0.3) is 6.08 Å². The molecule has 0 aliphatic heterocycles. The van der Waals surface area contributed by atoms with E-state index in [1.807, 2.05) is 4.08 Å². The minimum atomic E-state index is 1.32. The molecule has 0 bridgehead atoms. The van der Waals surface area contributed by atoms with Crippen LogP contribution in [0.3, 0.4) is 0 Å². The van der Waals surface area contributed by atoms with E-state index >= 15 is 0 Å². The van der Waals surface area contributed by atoms with Gasteiger partial charge in [0.05, 0.1) is 0 Å². The zero-order chi connectivity index (χ0) is 5.82. The summed E-state index contributed by atoms with van der Waals surface area (Å²) in [6.45, 7) is 0. The molecule has 0 spiro atoms. The monoisotopic (exact) mass is 236 g/mol. The first kappa shape index (κ1) is 6.29. The minimum Gasteiger partial charge on any atom is -0.144 e. The summed E-state index contributed by atoms with van der Waals surface area (Å²) in [6, 6.07) is 4.15. The van der Waals surface area contributed by atoms with Gasteiger partial charge >= 0.3 is 0 Å². The van der Waals surface area contributed by atoms with Gasteiger partial charge < -0.3 is 0 Å². The smallest absolute Gasteiger partial charge is 0.0274 e. The third-order valence-electron chi connectivity index (χ3n) is 0.770. The topological polar surface area (TPSA) is 0 Å². The van der Waals surface area contributed by atoms with E-state index in [2.05, 4.69) is 46.2 Å². The molecule has 42 valence electrons. The van der Waals surface area contributed by atoms with Gasteiger partial charge in [0.25, 0.3) is 0 Å². The maximum atomic E-state index is 2.21. The maximum absolute atomic E-state index is 2.21. The minimum absolute atomic E-state index is 1.32. The van der Waals surface area contributed by atoms with E-state index in [1.54, 1.807) is 11.3 Å². The molecule has 0 nitrogen and oxygen atoms in total. The lowest BCUT2D eigenvalue weighted by atomic mass is 10.5. The molecule has 2 heteroatoms. The predicted octanol–water partition coefficient (Wildman–Crippen LogP) is 3.15. The average Bonchev–Trinajstić information content (AvgIpc) is 2.19. The van der Waals surface area contributed by atoms with Crippen molar-refractivity contribution in [3.8, 4) is 0 Å². The van der Waals surface area contributed by atoms with Gasteiger partial charge in [-0.25, -0.2) is 0 Å². The summed E-state index contributed by atoms with van der Waals surface area (Å²) in [6.07, 6.45) is 2.09. The molecular weight excluding hydrogens is 231 g/mol. The molecule has 0 N–H and O–H groups in total. The first-order valence-electron chi connectivity index (χ1n) is 2.24. The number of rotatable bonds is 1. The number of thiophene rings is 1. The molecular formula is C6H5IS. The molecule has 0 aliphatic carbocycles. The van der Waals surface area contributed by atoms with Crippen molar-refractivity contribution in [1.29, 1.82) is 0 Å². The van der Waals surface area contributed by atoms with Crippen molar-refractivity contribution >= 4 is 40.0 Å². The Balaban J connectivity index is 2.77. The van der Waals surface area contributed by atoms with Crippen LogP contribution < -0.4 is 0 Å². The zero-order valence-electron chi connectivity index (χ0n) is 4.17. The fraction of sp³-hybridized carbons (Fsp3) is 0. The van der Waals surface area contributed by atoms with E-state index in [4.69, 9.17) is 0 Å². The van der Waals surface area contributed by atoms with Crippen LogP contribution in [0.5, 0.6) is 0 Å². The highest BCUT2D eigenvalue weighted by Gasteiger charge is 1.80. The van der Waals surface area contributed by atoms with Crippen LogP contribution in [0.2, 0.25) is 0 Å². The molecule has 1 heterocycles. The molecule has 0 radical (unpaired) electrons.